The van der Waals surface area contributed by atoms with E-state index >= 15 is 0 Å². The summed E-state index contributed by atoms with van der Waals surface area (Å²) in [5.74, 6) is 0. The van der Waals surface area contributed by atoms with Gasteiger partial charge in [0, 0.05) is 6.42 Å². The Morgan fingerprint density at radius 1 is 1.12 bits per heavy atom. The van der Waals surface area contributed by atoms with Crippen molar-refractivity contribution in [2.75, 3.05) is 0 Å². The molecule has 1 aromatic heterocycles. The normalized spacial score (nSPS) is 16.5. The minimum absolute atomic E-state index is 1.09. The SMILES string of the molecule is Cc1cccc2c1Cc1c3c(nn1-2)CCCC3. The Kier molecular flexibility index (Phi) is 1.79. The lowest BCUT2D eigenvalue weighted by Crippen LogP contribution is -2.03. The second kappa shape index (κ2) is 3.22. The highest BCUT2D eigenvalue weighted by atomic mass is 15.3. The maximum absolute atomic E-state index is 4.83. The fourth-order valence-corrected chi connectivity index (χ4v) is 3.28. The van der Waals surface area contributed by atoms with Gasteiger partial charge in [-0.2, -0.15) is 5.10 Å². The molecule has 17 heavy (non-hydrogen) atoms. The first kappa shape index (κ1) is 9.46. The van der Waals surface area contributed by atoms with Crippen LogP contribution in [0, 0.1) is 6.92 Å². The molecule has 2 aliphatic rings. The van der Waals surface area contributed by atoms with E-state index < -0.39 is 0 Å². The van der Waals surface area contributed by atoms with Gasteiger partial charge in [-0.05, 0) is 55.4 Å². The van der Waals surface area contributed by atoms with Crippen LogP contribution in [0.25, 0.3) is 5.69 Å². The van der Waals surface area contributed by atoms with Crippen LogP contribution >= 0.6 is 0 Å². The third-order valence-corrected chi connectivity index (χ3v) is 4.22. The quantitative estimate of drug-likeness (QED) is 0.574. The monoisotopic (exact) mass is 224 g/mol. The van der Waals surface area contributed by atoms with Crippen LogP contribution in [0.2, 0.25) is 0 Å². The molecule has 2 aromatic rings. The summed E-state index contributed by atoms with van der Waals surface area (Å²) in [6.07, 6.45) is 6.14. The maximum atomic E-state index is 4.83. The molecule has 86 valence electrons. The number of nitrogens with zero attached hydrogens (tertiary/aromatic N) is 2. The van der Waals surface area contributed by atoms with Crippen molar-refractivity contribution in [1.82, 2.24) is 9.78 Å². The molecule has 1 aliphatic heterocycles. The van der Waals surface area contributed by atoms with Crippen LogP contribution in [-0.2, 0) is 19.3 Å². The summed E-state index contributed by atoms with van der Waals surface area (Å²) in [4.78, 5) is 0. The molecule has 0 atom stereocenters. The van der Waals surface area contributed by atoms with Crippen LogP contribution in [0.1, 0.15) is 40.9 Å². The Hall–Kier alpha value is -1.57. The van der Waals surface area contributed by atoms with Crippen molar-refractivity contribution in [3.63, 3.8) is 0 Å². The van der Waals surface area contributed by atoms with E-state index in [-0.39, 0.29) is 0 Å². The fourth-order valence-electron chi connectivity index (χ4n) is 3.28. The van der Waals surface area contributed by atoms with Crippen LogP contribution < -0.4 is 0 Å². The van der Waals surface area contributed by atoms with E-state index in [1.165, 1.54) is 53.9 Å². The molecule has 2 heteroatoms. The lowest BCUT2D eigenvalue weighted by atomic mass is 9.94. The van der Waals surface area contributed by atoms with Crippen molar-refractivity contribution >= 4 is 0 Å². The molecule has 1 aliphatic carbocycles. The number of aromatic nitrogens is 2. The molecule has 0 bridgehead atoms. The van der Waals surface area contributed by atoms with E-state index in [1.807, 2.05) is 0 Å². The molecule has 0 amide bonds. The third kappa shape index (κ3) is 1.18. The Labute approximate surface area is 101 Å². The van der Waals surface area contributed by atoms with E-state index in [9.17, 15) is 0 Å². The van der Waals surface area contributed by atoms with Crippen LogP contribution in [0.4, 0.5) is 0 Å². The Bertz CT molecular complexity index is 608. The summed E-state index contributed by atoms with van der Waals surface area (Å²) in [5.41, 5.74) is 8.56. The first-order chi connectivity index (χ1) is 8.34. The van der Waals surface area contributed by atoms with Gasteiger partial charge >= 0.3 is 0 Å². The van der Waals surface area contributed by atoms with E-state index in [0.717, 1.165) is 6.42 Å². The highest BCUT2D eigenvalue weighted by molar-refractivity contribution is 5.55. The molecule has 0 N–H and O–H groups in total. The van der Waals surface area contributed by atoms with Crippen molar-refractivity contribution in [3.05, 3.63) is 46.3 Å². The van der Waals surface area contributed by atoms with Crippen molar-refractivity contribution in [3.8, 4) is 5.69 Å². The van der Waals surface area contributed by atoms with Gasteiger partial charge in [-0.3, -0.25) is 0 Å². The highest BCUT2D eigenvalue weighted by Gasteiger charge is 2.27. The van der Waals surface area contributed by atoms with Gasteiger partial charge in [-0.1, -0.05) is 12.1 Å². The van der Waals surface area contributed by atoms with Crippen LogP contribution in [0.15, 0.2) is 18.2 Å². The Balaban J connectivity index is 1.96. The molecule has 2 nitrogen and oxygen atoms in total. The number of aryl methyl sites for hydroxylation is 2. The standard InChI is InChI=1S/C15H16N2/c1-10-5-4-8-14-12(10)9-15-11-6-2-3-7-13(11)16-17(14)15/h4-5,8H,2-3,6-7,9H2,1H3. The summed E-state index contributed by atoms with van der Waals surface area (Å²) in [6, 6.07) is 6.55. The van der Waals surface area contributed by atoms with E-state index in [1.54, 1.807) is 5.56 Å². The average molecular weight is 224 g/mol. The summed E-state index contributed by atoms with van der Waals surface area (Å²) in [7, 11) is 0. The predicted octanol–water partition coefficient (Wildman–Crippen LogP) is 2.96. The molecule has 1 aromatic carbocycles. The molecular weight excluding hydrogens is 208 g/mol. The summed E-state index contributed by atoms with van der Waals surface area (Å²) < 4.78 is 2.21. The summed E-state index contributed by atoms with van der Waals surface area (Å²) in [5, 5.41) is 4.83. The van der Waals surface area contributed by atoms with E-state index in [2.05, 4.69) is 29.8 Å². The lowest BCUT2D eigenvalue weighted by molar-refractivity contribution is 0.669. The average Bonchev–Trinajstić information content (AvgIpc) is 2.87. The van der Waals surface area contributed by atoms with Crippen molar-refractivity contribution in [1.29, 1.82) is 0 Å². The van der Waals surface area contributed by atoms with Gasteiger partial charge < -0.3 is 0 Å². The lowest BCUT2D eigenvalue weighted by Gasteiger charge is -2.10. The van der Waals surface area contributed by atoms with E-state index in [4.69, 9.17) is 5.10 Å². The second-order valence-corrected chi connectivity index (χ2v) is 5.24. The minimum Gasteiger partial charge on any atom is -0.237 e. The molecule has 0 fully saturated rings. The third-order valence-electron chi connectivity index (χ3n) is 4.22. The predicted molar refractivity (Wildman–Crippen MR) is 67.7 cm³/mol. The number of hydrogen-bond acceptors (Lipinski definition) is 1. The minimum atomic E-state index is 1.09. The van der Waals surface area contributed by atoms with Crippen molar-refractivity contribution in [2.45, 2.75) is 39.0 Å². The zero-order chi connectivity index (χ0) is 11.4. The maximum Gasteiger partial charge on any atom is 0.0687 e. The smallest absolute Gasteiger partial charge is 0.0687 e. The zero-order valence-corrected chi connectivity index (χ0v) is 10.2. The fraction of sp³-hybridized carbons (Fsp3) is 0.400. The molecule has 2 heterocycles. The number of benzene rings is 1. The first-order valence-electron chi connectivity index (χ1n) is 6.53. The number of fused-ring (bicyclic) bond motifs is 5. The van der Waals surface area contributed by atoms with Crippen LogP contribution in [0.3, 0.4) is 0 Å². The summed E-state index contributed by atoms with van der Waals surface area (Å²) in [6.45, 7) is 2.21. The molecule has 0 spiro atoms. The van der Waals surface area contributed by atoms with Gasteiger partial charge in [0.1, 0.15) is 0 Å². The van der Waals surface area contributed by atoms with Gasteiger partial charge in [-0.25, -0.2) is 4.68 Å². The largest absolute Gasteiger partial charge is 0.237 e. The summed E-state index contributed by atoms with van der Waals surface area (Å²) >= 11 is 0. The van der Waals surface area contributed by atoms with Gasteiger partial charge in [0.2, 0.25) is 0 Å². The van der Waals surface area contributed by atoms with Gasteiger partial charge in [0.15, 0.2) is 0 Å². The van der Waals surface area contributed by atoms with Crippen molar-refractivity contribution < 1.29 is 0 Å². The Morgan fingerprint density at radius 3 is 2.94 bits per heavy atom. The second-order valence-electron chi connectivity index (χ2n) is 5.24. The molecular formula is C15H16N2. The highest BCUT2D eigenvalue weighted by Crippen LogP contribution is 2.35. The molecule has 0 saturated heterocycles. The van der Waals surface area contributed by atoms with Crippen LogP contribution in [0.5, 0.6) is 0 Å². The molecule has 0 saturated carbocycles. The van der Waals surface area contributed by atoms with Crippen molar-refractivity contribution in [2.24, 2.45) is 0 Å². The zero-order valence-electron chi connectivity index (χ0n) is 10.2. The Morgan fingerprint density at radius 2 is 2.00 bits per heavy atom. The number of hydrogen-bond donors (Lipinski definition) is 0. The first-order valence-corrected chi connectivity index (χ1v) is 6.53. The van der Waals surface area contributed by atoms with Gasteiger partial charge in [-0.15, -0.1) is 0 Å². The molecule has 0 unspecified atom stereocenters. The van der Waals surface area contributed by atoms with Gasteiger partial charge in [0.05, 0.1) is 17.1 Å². The number of rotatable bonds is 0. The van der Waals surface area contributed by atoms with Gasteiger partial charge in [0.25, 0.3) is 0 Å². The van der Waals surface area contributed by atoms with E-state index in [0.29, 0.717) is 0 Å². The molecule has 0 radical (unpaired) electrons. The topological polar surface area (TPSA) is 17.8 Å². The van der Waals surface area contributed by atoms with Crippen LogP contribution in [-0.4, -0.2) is 9.78 Å². The molecule has 4 rings (SSSR count).